The number of aromatic nitrogens is 1. The minimum Gasteiger partial charge on any atom is -0.454 e. The number of nitriles is 1. The van der Waals surface area contributed by atoms with Crippen LogP contribution in [0.25, 0.3) is 10.9 Å². The molecular formula is C20H19N3O3. The van der Waals surface area contributed by atoms with Crippen molar-refractivity contribution in [2.45, 2.75) is 32.6 Å². The molecule has 26 heavy (non-hydrogen) atoms. The summed E-state index contributed by atoms with van der Waals surface area (Å²) in [7, 11) is 0. The number of nitrogens with zero attached hydrogens (tertiary/aromatic N) is 2. The van der Waals surface area contributed by atoms with E-state index < -0.39 is 18.4 Å². The number of ketones is 1. The fourth-order valence-corrected chi connectivity index (χ4v) is 3.25. The second-order valence-corrected chi connectivity index (χ2v) is 6.31. The van der Waals surface area contributed by atoms with Gasteiger partial charge in [0, 0.05) is 16.8 Å². The Morgan fingerprint density at radius 2 is 2.00 bits per heavy atom. The van der Waals surface area contributed by atoms with Gasteiger partial charge in [0.05, 0.1) is 11.1 Å². The number of para-hydroxylation sites is 1. The maximum Gasteiger partial charge on any atom is 0.339 e. The molecule has 0 bridgehead atoms. The molecule has 6 heteroatoms. The molecule has 1 aromatic carbocycles. The highest BCUT2D eigenvalue weighted by Crippen LogP contribution is 2.29. The Bertz CT molecular complexity index is 966. The first-order valence-electron chi connectivity index (χ1n) is 8.50. The number of benzene rings is 1. The topological polar surface area (TPSA) is 106 Å². The van der Waals surface area contributed by atoms with Gasteiger partial charge in [-0.15, -0.1) is 0 Å². The van der Waals surface area contributed by atoms with Crippen LogP contribution in [0.3, 0.4) is 0 Å². The van der Waals surface area contributed by atoms with Gasteiger partial charge in [0.15, 0.2) is 6.61 Å². The zero-order chi connectivity index (χ0) is 18.7. The summed E-state index contributed by atoms with van der Waals surface area (Å²) in [5, 5.41) is 9.71. The van der Waals surface area contributed by atoms with Crippen LogP contribution >= 0.6 is 0 Å². The number of nitrogens with two attached hydrogens (primary N) is 1. The summed E-state index contributed by atoms with van der Waals surface area (Å²) in [4.78, 5) is 29.5. The molecule has 0 saturated heterocycles. The molecular weight excluding hydrogens is 330 g/mol. The minimum atomic E-state index is -0.604. The van der Waals surface area contributed by atoms with Crippen LogP contribution in [0.2, 0.25) is 0 Å². The van der Waals surface area contributed by atoms with E-state index in [2.05, 4.69) is 4.98 Å². The van der Waals surface area contributed by atoms with E-state index in [-0.39, 0.29) is 11.3 Å². The maximum absolute atomic E-state index is 12.8. The third-order valence-electron chi connectivity index (χ3n) is 4.49. The molecule has 0 amide bonds. The summed E-state index contributed by atoms with van der Waals surface area (Å²) < 4.78 is 5.24. The van der Waals surface area contributed by atoms with E-state index in [1.54, 1.807) is 6.07 Å². The number of allylic oxidation sites excluding steroid dienone is 1. The van der Waals surface area contributed by atoms with Crippen molar-refractivity contribution in [3.63, 3.8) is 0 Å². The van der Waals surface area contributed by atoms with E-state index in [1.807, 2.05) is 24.3 Å². The van der Waals surface area contributed by atoms with Gasteiger partial charge in [0.2, 0.25) is 5.78 Å². The van der Waals surface area contributed by atoms with E-state index in [1.165, 1.54) is 6.92 Å². The molecule has 0 radical (unpaired) electrons. The third kappa shape index (κ3) is 3.29. The molecule has 2 N–H and O–H groups in total. The summed E-state index contributed by atoms with van der Waals surface area (Å²) in [6.45, 7) is 0.951. The monoisotopic (exact) mass is 349 g/mol. The van der Waals surface area contributed by atoms with Crippen molar-refractivity contribution in [1.82, 2.24) is 4.98 Å². The van der Waals surface area contributed by atoms with Crippen LogP contribution in [0.15, 0.2) is 35.5 Å². The number of hydrogen-bond donors (Lipinski definition) is 1. The van der Waals surface area contributed by atoms with Gasteiger partial charge in [-0.3, -0.25) is 9.78 Å². The van der Waals surface area contributed by atoms with Gasteiger partial charge in [-0.2, -0.15) is 5.26 Å². The molecule has 0 unspecified atom stereocenters. The highest BCUT2D eigenvalue weighted by atomic mass is 16.5. The number of pyridine rings is 1. The quantitative estimate of drug-likeness (QED) is 0.516. The zero-order valence-electron chi connectivity index (χ0n) is 14.5. The molecule has 0 spiro atoms. The first kappa shape index (κ1) is 17.6. The normalized spacial score (nSPS) is 14.2. The average Bonchev–Trinajstić information content (AvgIpc) is 2.64. The molecule has 1 aliphatic rings. The van der Waals surface area contributed by atoms with E-state index in [9.17, 15) is 9.59 Å². The van der Waals surface area contributed by atoms with Crippen molar-refractivity contribution in [3.05, 3.63) is 52.4 Å². The molecule has 0 aliphatic heterocycles. The fourth-order valence-electron chi connectivity index (χ4n) is 3.25. The van der Waals surface area contributed by atoms with Crippen LogP contribution in [-0.2, 0) is 22.4 Å². The first-order chi connectivity index (χ1) is 12.5. The molecule has 132 valence electrons. The molecule has 1 heterocycles. The molecule has 2 aromatic rings. The number of carbonyl (C=O) groups is 2. The summed E-state index contributed by atoms with van der Waals surface area (Å²) >= 11 is 0. The van der Waals surface area contributed by atoms with Crippen molar-refractivity contribution in [2.24, 2.45) is 5.73 Å². The number of rotatable bonds is 4. The van der Waals surface area contributed by atoms with Crippen molar-refractivity contribution < 1.29 is 14.3 Å². The van der Waals surface area contributed by atoms with Gasteiger partial charge in [-0.1, -0.05) is 18.2 Å². The van der Waals surface area contributed by atoms with Crippen LogP contribution in [0.4, 0.5) is 0 Å². The van der Waals surface area contributed by atoms with Gasteiger partial charge in [-0.25, -0.2) is 4.79 Å². The van der Waals surface area contributed by atoms with Crippen LogP contribution in [-0.4, -0.2) is 23.3 Å². The molecule has 0 atom stereocenters. The Hall–Kier alpha value is -3.20. The summed E-state index contributed by atoms with van der Waals surface area (Å²) in [6.07, 6.45) is 3.61. The minimum absolute atomic E-state index is 0.111. The average molecular weight is 349 g/mol. The molecule has 1 aromatic heterocycles. The lowest BCUT2D eigenvalue weighted by Crippen LogP contribution is -2.20. The number of ether oxygens (including phenoxy) is 1. The van der Waals surface area contributed by atoms with E-state index in [4.69, 9.17) is 15.7 Å². The Balaban J connectivity index is 1.95. The second kappa shape index (κ2) is 7.36. The Kier molecular flexibility index (Phi) is 4.99. The number of fused-ring (bicyclic) bond motifs is 2. The zero-order valence-corrected chi connectivity index (χ0v) is 14.5. The predicted molar refractivity (Wildman–Crippen MR) is 96.2 cm³/mol. The highest BCUT2D eigenvalue weighted by Gasteiger charge is 2.24. The van der Waals surface area contributed by atoms with E-state index in [0.717, 1.165) is 47.8 Å². The lowest BCUT2D eigenvalue weighted by molar-refractivity contribution is -0.118. The largest absolute Gasteiger partial charge is 0.454 e. The van der Waals surface area contributed by atoms with Gasteiger partial charge < -0.3 is 10.5 Å². The summed E-state index contributed by atoms with van der Waals surface area (Å²) in [6, 6.07) is 9.16. The van der Waals surface area contributed by atoms with E-state index in [0.29, 0.717) is 5.56 Å². The molecule has 3 rings (SSSR count). The first-order valence-corrected chi connectivity index (χ1v) is 8.50. The summed E-state index contributed by atoms with van der Waals surface area (Å²) in [5.41, 5.74) is 8.49. The lowest BCUT2D eigenvalue weighted by Gasteiger charge is -2.19. The standard InChI is InChI=1S/C20H19N3O3/c1-12(22)15(10-21)18(24)11-26-20(25)19-13-6-2-4-8-16(13)23-17-9-5-3-7-14(17)19/h2,4,6,8H,3,5,7,9,11,22H2,1H3/b15-12+. The highest BCUT2D eigenvalue weighted by molar-refractivity contribution is 6.07. The van der Waals surface area contributed by atoms with Gasteiger partial charge in [0.25, 0.3) is 0 Å². The number of carbonyl (C=O) groups excluding carboxylic acids is 2. The number of Topliss-reactive ketones (excluding diaryl/α,β-unsaturated/α-hetero) is 1. The fraction of sp³-hybridized carbons (Fsp3) is 0.300. The van der Waals surface area contributed by atoms with Crippen LogP contribution in [0, 0.1) is 11.3 Å². The Labute approximate surface area is 151 Å². The molecule has 6 nitrogen and oxygen atoms in total. The molecule has 0 fully saturated rings. The van der Waals surface area contributed by atoms with Crippen LogP contribution in [0.5, 0.6) is 0 Å². The van der Waals surface area contributed by atoms with Crippen LogP contribution < -0.4 is 5.73 Å². The maximum atomic E-state index is 12.8. The lowest BCUT2D eigenvalue weighted by atomic mass is 9.90. The third-order valence-corrected chi connectivity index (χ3v) is 4.49. The predicted octanol–water partition coefficient (Wildman–Crippen LogP) is 2.60. The summed E-state index contributed by atoms with van der Waals surface area (Å²) in [5.74, 6) is -1.17. The number of aryl methyl sites for hydroxylation is 1. The SMILES string of the molecule is C/C(N)=C(/C#N)C(=O)COC(=O)c1c2c(nc3ccccc13)CCCC2. The van der Waals surface area contributed by atoms with Crippen molar-refractivity contribution in [1.29, 1.82) is 5.26 Å². The molecule has 1 aliphatic carbocycles. The number of hydrogen-bond acceptors (Lipinski definition) is 6. The van der Waals surface area contributed by atoms with E-state index >= 15 is 0 Å². The van der Waals surface area contributed by atoms with Gasteiger partial charge >= 0.3 is 5.97 Å². The van der Waals surface area contributed by atoms with Crippen molar-refractivity contribution >= 4 is 22.7 Å². The number of esters is 1. The smallest absolute Gasteiger partial charge is 0.339 e. The second-order valence-electron chi connectivity index (χ2n) is 6.31. The molecule has 0 saturated carbocycles. The Morgan fingerprint density at radius 3 is 2.73 bits per heavy atom. The van der Waals surface area contributed by atoms with Gasteiger partial charge in [-0.05, 0) is 44.2 Å². The van der Waals surface area contributed by atoms with Gasteiger partial charge in [0.1, 0.15) is 11.6 Å². The van der Waals surface area contributed by atoms with Crippen molar-refractivity contribution in [2.75, 3.05) is 6.61 Å². The van der Waals surface area contributed by atoms with Crippen LogP contribution in [0.1, 0.15) is 41.4 Å². The Morgan fingerprint density at radius 1 is 1.27 bits per heavy atom. The van der Waals surface area contributed by atoms with Crippen molar-refractivity contribution in [3.8, 4) is 6.07 Å².